The molecule has 30 heavy (non-hydrogen) atoms. The van der Waals surface area contributed by atoms with Gasteiger partial charge in [-0.2, -0.15) is 5.10 Å². The van der Waals surface area contributed by atoms with Crippen LogP contribution < -0.4 is 0 Å². The maximum atomic E-state index is 13.4. The first-order valence-corrected chi connectivity index (χ1v) is 11.2. The third kappa shape index (κ3) is 4.49. The molecule has 1 saturated heterocycles. The van der Waals surface area contributed by atoms with Crippen molar-refractivity contribution in [3.63, 3.8) is 0 Å². The molecule has 0 saturated carbocycles. The summed E-state index contributed by atoms with van der Waals surface area (Å²) in [6.07, 6.45) is 3.10. The highest BCUT2D eigenvalue weighted by Gasteiger charge is 2.34. The number of likely N-dealkylation sites (tertiary alicyclic amines) is 1. The number of piperidine rings is 1. The fourth-order valence-corrected chi connectivity index (χ4v) is 4.58. The number of amides is 1. The number of nitrogens with zero attached hydrogens (tertiary/aromatic N) is 3. The Morgan fingerprint density at radius 3 is 2.50 bits per heavy atom. The van der Waals surface area contributed by atoms with Gasteiger partial charge in [-0.15, -0.1) is 0 Å². The Kier molecular flexibility index (Phi) is 6.05. The largest absolute Gasteiger partial charge is 0.294 e. The minimum atomic E-state index is -0.0309. The van der Waals surface area contributed by atoms with E-state index in [4.69, 9.17) is 5.10 Å². The van der Waals surface area contributed by atoms with E-state index in [1.807, 2.05) is 0 Å². The summed E-state index contributed by atoms with van der Waals surface area (Å²) in [4.78, 5) is 15.7. The molecule has 0 bridgehead atoms. The molecule has 0 aliphatic carbocycles. The van der Waals surface area contributed by atoms with E-state index in [1.165, 1.54) is 35.1 Å². The molecule has 2 heterocycles. The first kappa shape index (κ1) is 20.8. The van der Waals surface area contributed by atoms with Crippen molar-refractivity contribution >= 4 is 11.6 Å². The third-order valence-corrected chi connectivity index (χ3v) is 6.55. The van der Waals surface area contributed by atoms with Crippen LogP contribution in [0.4, 0.5) is 0 Å². The Bertz CT molecular complexity index is 957. The molecular weight excluding hydrogens is 370 g/mol. The number of benzene rings is 2. The lowest BCUT2D eigenvalue weighted by Crippen LogP contribution is -2.41. The van der Waals surface area contributed by atoms with E-state index in [1.54, 1.807) is 5.01 Å². The molecule has 0 spiro atoms. The smallest absolute Gasteiger partial charge is 0.257 e. The van der Waals surface area contributed by atoms with Crippen LogP contribution in [-0.2, 0) is 4.79 Å². The molecule has 1 amide bonds. The Labute approximate surface area is 180 Å². The number of hydrogen-bond donors (Lipinski definition) is 0. The average Bonchev–Trinajstić information content (AvgIpc) is 3.17. The molecule has 0 aromatic heterocycles. The van der Waals surface area contributed by atoms with Gasteiger partial charge in [0.1, 0.15) is 0 Å². The van der Waals surface area contributed by atoms with E-state index in [2.05, 4.69) is 75.1 Å². The molecule has 158 valence electrons. The zero-order valence-corrected chi connectivity index (χ0v) is 18.7. The van der Waals surface area contributed by atoms with E-state index < -0.39 is 0 Å². The van der Waals surface area contributed by atoms with Crippen LogP contribution in [0.15, 0.2) is 47.6 Å². The van der Waals surface area contributed by atoms with E-state index in [9.17, 15) is 4.79 Å². The van der Waals surface area contributed by atoms with Gasteiger partial charge in [0, 0.05) is 6.42 Å². The van der Waals surface area contributed by atoms with Gasteiger partial charge in [0.05, 0.1) is 18.3 Å². The van der Waals surface area contributed by atoms with Crippen LogP contribution >= 0.6 is 0 Å². The molecule has 0 radical (unpaired) electrons. The van der Waals surface area contributed by atoms with Crippen molar-refractivity contribution in [2.45, 2.75) is 53.0 Å². The Hall–Kier alpha value is -2.46. The Morgan fingerprint density at radius 2 is 1.77 bits per heavy atom. The maximum absolute atomic E-state index is 13.4. The van der Waals surface area contributed by atoms with E-state index in [-0.39, 0.29) is 11.9 Å². The number of hydrazone groups is 1. The molecule has 0 unspecified atom stereocenters. The van der Waals surface area contributed by atoms with Crippen molar-refractivity contribution < 1.29 is 4.79 Å². The number of aryl methyl sites for hydroxylation is 3. The summed E-state index contributed by atoms with van der Waals surface area (Å²) in [5.41, 5.74) is 6.98. The summed E-state index contributed by atoms with van der Waals surface area (Å²) in [6, 6.07) is 14.9. The molecular formula is C26H33N3O. The van der Waals surface area contributed by atoms with Gasteiger partial charge in [0.2, 0.25) is 0 Å². The number of carbonyl (C=O) groups excluding carboxylic acids is 1. The van der Waals surface area contributed by atoms with Gasteiger partial charge in [0.15, 0.2) is 0 Å². The Balaban J connectivity index is 1.63. The molecule has 1 atom stereocenters. The van der Waals surface area contributed by atoms with Crippen LogP contribution in [-0.4, -0.2) is 41.2 Å². The summed E-state index contributed by atoms with van der Waals surface area (Å²) in [5, 5.41) is 6.66. The molecule has 4 nitrogen and oxygen atoms in total. The first-order valence-electron chi connectivity index (χ1n) is 11.2. The molecule has 2 aromatic carbocycles. The minimum absolute atomic E-state index is 0.0309. The average molecular weight is 404 g/mol. The van der Waals surface area contributed by atoms with Crippen LogP contribution in [0, 0.1) is 26.7 Å². The first-order chi connectivity index (χ1) is 14.4. The molecule has 4 heteroatoms. The predicted octanol–water partition coefficient (Wildman–Crippen LogP) is 5.02. The standard InChI is InChI=1S/C26H33N3O/c1-18-10-12-28(13-11-18)17-26(30)29-25(23-15-20(3)8-9-21(23)4)16-24(27-29)22-7-5-6-19(2)14-22/h5-9,14-15,18,25H,10-13,16-17H2,1-4H3/t25-/m1/s1. The van der Waals surface area contributed by atoms with E-state index in [0.717, 1.165) is 36.7 Å². The highest BCUT2D eigenvalue weighted by Crippen LogP contribution is 2.35. The van der Waals surface area contributed by atoms with Gasteiger partial charge in [0.25, 0.3) is 5.91 Å². The second kappa shape index (κ2) is 8.73. The van der Waals surface area contributed by atoms with Crippen LogP contribution in [0.5, 0.6) is 0 Å². The lowest BCUT2D eigenvalue weighted by molar-refractivity contribution is -0.134. The normalized spacial score (nSPS) is 20.5. The molecule has 2 aromatic rings. The van der Waals surface area contributed by atoms with Gasteiger partial charge in [-0.25, -0.2) is 5.01 Å². The summed E-state index contributed by atoms with van der Waals surface area (Å²) >= 11 is 0. The highest BCUT2D eigenvalue weighted by molar-refractivity contribution is 6.03. The van der Waals surface area contributed by atoms with E-state index in [0.29, 0.717) is 6.54 Å². The maximum Gasteiger partial charge on any atom is 0.257 e. The molecule has 2 aliphatic rings. The van der Waals surface area contributed by atoms with Gasteiger partial charge in [-0.1, -0.05) is 60.5 Å². The monoisotopic (exact) mass is 403 g/mol. The lowest BCUT2D eigenvalue weighted by atomic mass is 9.93. The van der Waals surface area contributed by atoms with Crippen LogP contribution in [0.1, 0.15) is 60.0 Å². The van der Waals surface area contributed by atoms with Crippen molar-refractivity contribution in [2.24, 2.45) is 11.0 Å². The highest BCUT2D eigenvalue weighted by atomic mass is 16.2. The summed E-state index contributed by atoms with van der Waals surface area (Å²) in [5.74, 6) is 0.870. The van der Waals surface area contributed by atoms with Gasteiger partial charge in [-0.3, -0.25) is 9.69 Å². The quantitative estimate of drug-likeness (QED) is 0.718. The lowest BCUT2D eigenvalue weighted by Gasteiger charge is -2.31. The summed E-state index contributed by atoms with van der Waals surface area (Å²) < 4.78 is 0. The van der Waals surface area contributed by atoms with E-state index >= 15 is 0 Å². The van der Waals surface area contributed by atoms with Crippen LogP contribution in [0.3, 0.4) is 0 Å². The second-order valence-corrected chi connectivity index (χ2v) is 9.19. The fraction of sp³-hybridized carbons (Fsp3) is 0.462. The topological polar surface area (TPSA) is 35.9 Å². The molecule has 4 rings (SSSR count). The zero-order valence-electron chi connectivity index (χ0n) is 18.7. The van der Waals surface area contributed by atoms with Crippen molar-refractivity contribution in [3.8, 4) is 0 Å². The van der Waals surface area contributed by atoms with Crippen LogP contribution in [0.25, 0.3) is 0 Å². The summed E-state index contributed by atoms with van der Waals surface area (Å²) in [7, 11) is 0. The number of hydrogen-bond acceptors (Lipinski definition) is 3. The van der Waals surface area contributed by atoms with Gasteiger partial charge in [-0.05, 0) is 69.3 Å². The second-order valence-electron chi connectivity index (χ2n) is 9.19. The summed E-state index contributed by atoms with van der Waals surface area (Å²) in [6.45, 7) is 11.1. The van der Waals surface area contributed by atoms with Crippen LogP contribution in [0.2, 0.25) is 0 Å². The van der Waals surface area contributed by atoms with Gasteiger partial charge < -0.3 is 0 Å². The molecule has 0 N–H and O–H groups in total. The molecule has 1 fully saturated rings. The fourth-order valence-electron chi connectivity index (χ4n) is 4.58. The van der Waals surface area contributed by atoms with Gasteiger partial charge >= 0.3 is 0 Å². The van der Waals surface area contributed by atoms with Crippen molar-refractivity contribution in [2.75, 3.05) is 19.6 Å². The number of rotatable bonds is 4. The molecule has 2 aliphatic heterocycles. The third-order valence-electron chi connectivity index (χ3n) is 6.55. The minimum Gasteiger partial charge on any atom is -0.294 e. The Morgan fingerprint density at radius 1 is 1.03 bits per heavy atom. The van der Waals surface area contributed by atoms with Crippen molar-refractivity contribution in [3.05, 3.63) is 70.3 Å². The zero-order chi connectivity index (χ0) is 21.3. The SMILES string of the molecule is Cc1cccc(C2=NN(C(=O)CN3CCC(C)CC3)[C@@H](c3cc(C)ccc3C)C2)c1. The van der Waals surface area contributed by atoms with Crippen molar-refractivity contribution in [1.82, 2.24) is 9.91 Å². The predicted molar refractivity (Wildman–Crippen MR) is 123 cm³/mol. The van der Waals surface area contributed by atoms with Crippen molar-refractivity contribution in [1.29, 1.82) is 0 Å². The number of carbonyl (C=O) groups is 1.